The molecule has 0 aliphatic heterocycles. The lowest BCUT2D eigenvalue weighted by molar-refractivity contribution is -0.113. The average Bonchev–Trinajstić information content (AvgIpc) is 2.82. The fraction of sp³-hybridized carbons (Fsp3) is 0.471. The summed E-state index contributed by atoms with van der Waals surface area (Å²) in [5, 5.41) is 12.1. The summed E-state index contributed by atoms with van der Waals surface area (Å²) in [6.45, 7) is 10.2. The van der Waals surface area contributed by atoms with Gasteiger partial charge in [-0.25, -0.2) is 0 Å². The van der Waals surface area contributed by atoms with Crippen LogP contribution < -0.4 is 5.32 Å². The second-order valence-electron chi connectivity index (χ2n) is 6.17. The Morgan fingerprint density at radius 3 is 2.35 bits per heavy atom. The van der Waals surface area contributed by atoms with E-state index in [9.17, 15) is 4.79 Å². The molecule has 1 aromatic carbocycles. The highest BCUT2D eigenvalue weighted by atomic mass is 32.2. The third kappa shape index (κ3) is 4.13. The van der Waals surface area contributed by atoms with E-state index in [0.29, 0.717) is 11.7 Å². The number of nitrogens with zero attached hydrogens (tertiary/aromatic N) is 3. The first-order valence-corrected chi connectivity index (χ1v) is 8.68. The van der Waals surface area contributed by atoms with Gasteiger partial charge in [0.15, 0.2) is 5.16 Å². The number of carbonyl (C=O) groups excluding carboxylic acids is 1. The maximum absolute atomic E-state index is 12.2. The van der Waals surface area contributed by atoms with Gasteiger partial charge in [0.1, 0.15) is 5.82 Å². The fourth-order valence-corrected chi connectivity index (χ4v) is 3.36. The van der Waals surface area contributed by atoms with Gasteiger partial charge in [-0.2, -0.15) is 0 Å². The SMILES string of the molecule is Cc1cc(C)c(NC(=O)CSc2nnc(C(C)C)n2C)c(C)c1. The Hall–Kier alpha value is -1.82. The number of benzene rings is 1. The van der Waals surface area contributed by atoms with Crippen LogP contribution >= 0.6 is 11.8 Å². The Kier molecular flexibility index (Phi) is 5.46. The molecular formula is C17H24N4OS. The zero-order chi connectivity index (χ0) is 17.1. The van der Waals surface area contributed by atoms with Crippen molar-refractivity contribution in [3.05, 3.63) is 34.6 Å². The van der Waals surface area contributed by atoms with Gasteiger partial charge in [-0.15, -0.1) is 10.2 Å². The van der Waals surface area contributed by atoms with Crippen LogP contribution in [0.5, 0.6) is 0 Å². The first-order chi connectivity index (χ1) is 10.8. The Labute approximate surface area is 141 Å². The summed E-state index contributed by atoms with van der Waals surface area (Å²) in [7, 11) is 1.93. The third-order valence-corrected chi connectivity index (χ3v) is 4.68. The topological polar surface area (TPSA) is 59.8 Å². The molecule has 0 saturated carbocycles. The zero-order valence-corrected chi connectivity index (χ0v) is 15.4. The van der Waals surface area contributed by atoms with Crippen LogP contribution in [-0.4, -0.2) is 26.4 Å². The van der Waals surface area contributed by atoms with E-state index in [0.717, 1.165) is 27.8 Å². The summed E-state index contributed by atoms with van der Waals surface area (Å²) in [6, 6.07) is 4.15. The Morgan fingerprint density at radius 2 is 1.83 bits per heavy atom. The van der Waals surface area contributed by atoms with Crippen LogP contribution in [0.15, 0.2) is 17.3 Å². The molecule has 0 unspecified atom stereocenters. The highest BCUT2D eigenvalue weighted by Crippen LogP contribution is 2.23. The highest BCUT2D eigenvalue weighted by molar-refractivity contribution is 7.99. The van der Waals surface area contributed by atoms with E-state index < -0.39 is 0 Å². The Morgan fingerprint density at radius 1 is 1.22 bits per heavy atom. The minimum Gasteiger partial charge on any atom is -0.325 e. The fourth-order valence-electron chi connectivity index (χ4n) is 2.64. The third-order valence-electron chi connectivity index (χ3n) is 3.66. The molecule has 0 aliphatic rings. The molecule has 124 valence electrons. The van der Waals surface area contributed by atoms with E-state index in [1.807, 2.05) is 25.5 Å². The van der Waals surface area contributed by atoms with Crippen molar-refractivity contribution in [2.45, 2.75) is 45.7 Å². The summed E-state index contributed by atoms with van der Waals surface area (Å²) in [5.41, 5.74) is 4.28. The number of amides is 1. The van der Waals surface area contributed by atoms with Crippen LogP contribution in [0, 0.1) is 20.8 Å². The lowest BCUT2D eigenvalue weighted by Crippen LogP contribution is -2.16. The normalized spacial score (nSPS) is 11.1. The smallest absolute Gasteiger partial charge is 0.234 e. The zero-order valence-electron chi connectivity index (χ0n) is 14.6. The molecule has 1 N–H and O–H groups in total. The summed E-state index contributed by atoms with van der Waals surface area (Å²) >= 11 is 1.40. The van der Waals surface area contributed by atoms with E-state index >= 15 is 0 Å². The molecule has 0 atom stereocenters. The minimum absolute atomic E-state index is 0.0286. The van der Waals surface area contributed by atoms with Crippen LogP contribution in [0.1, 0.15) is 42.3 Å². The molecule has 1 heterocycles. The van der Waals surface area contributed by atoms with Crippen molar-refractivity contribution in [1.29, 1.82) is 0 Å². The Bertz CT molecular complexity index is 698. The van der Waals surface area contributed by atoms with Crippen LogP contribution in [0.2, 0.25) is 0 Å². The van der Waals surface area contributed by atoms with Gasteiger partial charge in [0.2, 0.25) is 5.91 Å². The van der Waals surface area contributed by atoms with Crippen molar-refractivity contribution in [1.82, 2.24) is 14.8 Å². The van der Waals surface area contributed by atoms with E-state index in [1.165, 1.54) is 17.3 Å². The summed E-state index contributed by atoms with van der Waals surface area (Å²) in [5.74, 6) is 1.53. The number of hydrogen-bond donors (Lipinski definition) is 1. The van der Waals surface area contributed by atoms with Gasteiger partial charge < -0.3 is 9.88 Å². The number of rotatable bonds is 5. The maximum atomic E-state index is 12.2. The number of carbonyl (C=O) groups is 1. The lowest BCUT2D eigenvalue weighted by atomic mass is 10.1. The number of aryl methyl sites for hydroxylation is 3. The van der Waals surface area contributed by atoms with Crippen molar-refractivity contribution in [2.75, 3.05) is 11.1 Å². The van der Waals surface area contributed by atoms with Crippen LogP contribution in [-0.2, 0) is 11.8 Å². The van der Waals surface area contributed by atoms with Gasteiger partial charge in [0.05, 0.1) is 5.75 Å². The van der Waals surface area contributed by atoms with Crippen molar-refractivity contribution in [2.24, 2.45) is 7.05 Å². The molecule has 1 aromatic heterocycles. The molecule has 0 saturated heterocycles. The Balaban J connectivity index is 2.01. The van der Waals surface area contributed by atoms with Crippen molar-refractivity contribution < 1.29 is 4.79 Å². The minimum atomic E-state index is -0.0286. The molecule has 0 aliphatic carbocycles. The summed E-state index contributed by atoms with van der Waals surface area (Å²) < 4.78 is 1.95. The van der Waals surface area contributed by atoms with E-state index in [-0.39, 0.29) is 5.91 Å². The summed E-state index contributed by atoms with van der Waals surface area (Å²) in [4.78, 5) is 12.2. The predicted molar refractivity (Wildman–Crippen MR) is 95.1 cm³/mol. The molecular weight excluding hydrogens is 308 g/mol. The van der Waals surface area contributed by atoms with Gasteiger partial charge in [-0.1, -0.05) is 43.3 Å². The molecule has 23 heavy (non-hydrogen) atoms. The molecule has 0 bridgehead atoms. The number of hydrogen-bond acceptors (Lipinski definition) is 4. The second kappa shape index (κ2) is 7.17. The van der Waals surface area contributed by atoms with Gasteiger partial charge in [-0.3, -0.25) is 4.79 Å². The van der Waals surface area contributed by atoms with Gasteiger partial charge in [0.25, 0.3) is 0 Å². The van der Waals surface area contributed by atoms with Gasteiger partial charge in [-0.05, 0) is 31.9 Å². The molecule has 0 spiro atoms. The number of thioether (sulfide) groups is 1. The maximum Gasteiger partial charge on any atom is 0.234 e. The van der Waals surface area contributed by atoms with E-state index in [4.69, 9.17) is 0 Å². The van der Waals surface area contributed by atoms with Gasteiger partial charge in [0, 0.05) is 18.7 Å². The largest absolute Gasteiger partial charge is 0.325 e. The molecule has 2 aromatic rings. The molecule has 2 rings (SSSR count). The van der Waals surface area contributed by atoms with Crippen molar-refractivity contribution in [3.63, 3.8) is 0 Å². The number of nitrogens with one attached hydrogen (secondary N) is 1. The van der Waals surface area contributed by atoms with E-state index in [1.54, 1.807) is 0 Å². The quantitative estimate of drug-likeness (QED) is 0.850. The second-order valence-corrected chi connectivity index (χ2v) is 7.11. The first-order valence-electron chi connectivity index (χ1n) is 7.69. The molecule has 0 radical (unpaired) electrons. The van der Waals surface area contributed by atoms with Crippen LogP contribution in [0.3, 0.4) is 0 Å². The molecule has 6 heteroatoms. The molecule has 5 nitrogen and oxygen atoms in total. The monoisotopic (exact) mass is 332 g/mol. The predicted octanol–water partition coefficient (Wildman–Crippen LogP) is 3.59. The lowest BCUT2D eigenvalue weighted by Gasteiger charge is -2.12. The van der Waals surface area contributed by atoms with Crippen molar-refractivity contribution >= 4 is 23.4 Å². The van der Waals surface area contributed by atoms with E-state index in [2.05, 4.69) is 48.4 Å². The van der Waals surface area contributed by atoms with Crippen molar-refractivity contribution in [3.8, 4) is 0 Å². The molecule has 1 amide bonds. The standard InChI is InChI=1S/C17H24N4OS/c1-10(2)16-19-20-17(21(16)6)23-9-14(22)18-15-12(4)7-11(3)8-13(15)5/h7-8,10H,9H2,1-6H3,(H,18,22). The molecule has 0 fully saturated rings. The highest BCUT2D eigenvalue weighted by Gasteiger charge is 2.14. The number of anilines is 1. The summed E-state index contributed by atoms with van der Waals surface area (Å²) in [6.07, 6.45) is 0. The number of aromatic nitrogens is 3. The average molecular weight is 332 g/mol. The van der Waals surface area contributed by atoms with Gasteiger partial charge >= 0.3 is 0 Å². The van der Waals surface area contributed by atoms with Crippen LogP contribution in [0.4, 0.5) is 5.69 Å². The van der Waals surface area contributed by atoms with Crippen LogP contribution in [0.25, 0.3) is 0 Å². The first kappa shape index (κ1) is 17.5.